The minimum Gasteiger partial charge on any atom is -0.394 e. The number of aromatic nitrogens is 1. The molecule has 1 heterocycles. The molecule has 1 amide bonds. The molecule has 16 heavy (non-hydrogen) atoms. The van der Waals surface area contributed by atoms with Gasteiger partial charge >= 0.3 is 0 Å². The van der Waals surface area contributed by atoms with Crippen molar-refractivity contribution in [1.82, 2.24) is 10.3 Å². The second-order valence-corrected chi connectivity index (χ2v) is 5.78. The number of hydrogen-bond donors (Lipinski definition) is 2. The summed E-state index contributed by atoms with van der Waals surface area (Å²) in [5.41, 5.74) is -0.598. The number of amides is 1. The Morgan fingerprint density at radius 3 is 2.69 bits per heavy atom. The Bertz CT molecular complexity index is 372. The highest BCUT2D eigenvalue weighted by atomic mass is 32.1. The Labute approximate surface area is 99.7 Å². The van der Waals surface area contributed by atoms with E-state index in [1.54, 1.807) is 20.0 Å². The van der Waals surface area contributed by atoms with Gasteiger partial charge < -0.3 is 10.4 Å². The van der Waals surface area contributed by atoms with Gasteiger partial charge in [0.15, 0.2) is 0 Å². The first kappa shape index (κ1) is 13.1. The summed E-state index contributed by atoms with van der Waals surface area (Å²) in [5, 5.41) is 12.8. The molecule has 0 aromatic carbocycles. The van der Waals surface area contributed by atoms with Crippen molar-refractivity contribution in [3.8, 4) is 0 Å². The van der Waals surface area contributed by atoms with Gasteiger partial charge in [0.05, 0.1) is 23.4 Å². The van der Waals surface area contributed by atoms with E-state index in [0.717, 1.165) is 5.01 Å². The van der Waals surface area contributed by atoms with Crippen molar-refractivity contribution in [1.29, 1.82) is 0 Å². The Kier molecular flexibility index (Phi) is 4.04. The van der Waals surface area contributed by atoms with Gasteiger partial charge in [-0.2, -0.15) is 0 Å². The molecule has 0 unspecified atom stereocenters. The molecule has 90 valence electrons. The molecule has 0 saturated heterocycles. The van der Waals surface area contributed by atoms with Gasteiger partial charge in [-0.25, -0.2) is 4.98 Å². The predicted molar refractivity (Wildman–Crippen MR) is 64.8 cm³/mol. The highest BCUT2D eigenvalue weighted by Gasteiger charge is 2.21. The maximum Gasteiger partial charge on any atom is 0.263 e. The Balaban J connectivity index is 2.74. The quantitative estimate of drug-likeness (QED) is 0.845. The zero-order chi connectivity index (χ0) is 12.3. The number of hydrogen-bond acceptors (Lipinski definition) is 4. The number of aliphatic hydroxyl groups excluding tert-OH is 1. The number of nitrogens with zero attached hydrogens (tertiary/aromatic N) is 1. The first-order valence-corrected chi connectivity index (χ1v) is 6.06. The molecule has 1 aromatic heterocycles. The van der Waals surface area contributed by atoms with Crippen molar-refractivity contribution in [2.75, 3.05) is 6.61 Å². The first-order valence-electron chi connectivity index (χ1n) is 5.25. The highest BCUT2D eigenvalue weighted by Crippen LogP contribution is 2.21. The molecule has 0 atom stereocenters. The summed E-state index contributed by atoms with van der Waals surface area (Å²) in [6, 6.07) is 0. The van der Waals surface area contributed by atoms with Gasteiger partial charge in [0.2, 0.25) is 0 Å². The number of rotatable bonds is 4. The third kappa shape index (κ3) is 3.28. The van der Waals surface area contributed by atoms with Gasteiger partial charge in [0, 0.05) is 5.92 Å². The molecule has 0 aliphatic rings. The van der Waals surface area contributed by atoms with Gasteiger partial charge in [0.1, 0.15) is 4.88 Å². The van der Waals surface area contributed by atoms with Crippen LogP contribution in [0.4, 0.5) is 0 Å². The number of thiazole rings is 1. The number of carbonyl (C=O) groups is 1. The molecule has 0 aliphatic carbocycles. The van der Waals surface area contributed by atoms with Crippen LogP contribution >= 0.6 is 11.3 Å². The average Bonchev–Trinajstić information content (AvgIpc) is 2.66. The van der Waals surface area contributed by atoms with Crippen LogP contribution in [0.3, 0.4) is 0 Å². The van der Waals surface area contributed by atoms with Crippen molar-refractivity contribution in [3.05, 3.63) is 16.1 Å². The maximum absolute atomic E-state index is 11.8. The Morgan fingerprint density at radius 1 is 1.62 bits per heavy atom. The molecule has 0 spiro atoms. The van der Waals surface area contributed by atoms with Crippen LogP contribution in [-0.4, -0.2) is 28.1 Å². The second-order valence-electron chi connectivity index (χ2n) is 4.71. The predicted octanol–water partition coefficient (Wildman–Crippen LogP) is 1.77. The van der Waals surface area contributed by atoms with E-state index in [-0.39, 0.29) is 12.5 Å². The maximum atomic E-state index is 11.8. The van der Waals surface area contributed by atoms with Crippen LogP contribution < -0.4 is 5.32 Å². The van der Waals surface area contributed by atoms with Crippen LogP contribution in [0, 0.1) is 0 Å². The molecule has 0 bridgehead atoms. The fraction of sp³-hybridized carbons (Fsp3) is 0.636. The highest BCUT2D eigenvalue weighted by molar-refractivity contribution is 7.13. The minimum absolute atomic E-state index is 0.0887. The fourth-order valence-corrected chi connectivity index (χ4v) is 1.88. The van der Waals surface area contributed by atoms with Gasteiger partial charge in [-0.1, -0.05) is 13.8 Å². The summed E-state index contributed by atoms with van der Waals surface area (Å²) >= 11 is 1.40. The monoisotopic (exact) mass is 242 g/mol. The lowest BCUT2D eigenvalue weighted by molar-refractivity contribution is 0.0873. The van der Waals surface area contributed by atoms with Crippen LogP contribution in [0.5, 0.6) is 0 Å². The average molecular weight is 242 g/mol. The standard InChI is InChI=1S/C11H18N2O2S/c1-7(2)10-12-5-8(16-10)9(15)13-11(3,4)6-14/h5,7,14H,6H2,1-4H3,(H,13,15). The first-order chi connectivity index (χ1) is 7.35. The lowest BCUT2D eigenvalue weighted by Gasteiger charge is -2.22. The summed E-state index contributed by atoms with van der Waals surface area (Å²) in [6.07, 6.45) is 1.59. The van der Waals surface area contributed by atoms with Crippen LogP contribution in [0.2, 0.25) is 0 Å². The summed E-state index contributed by atoms with van der Waals surface area (Å²) < 4.78 is 0. The van der Waals surface area contributed by atoms with E-state index in [1.165, 1.54) is 11.3 Å². The number of aliphatic hydroxyl groups is 1. The molecule has 1 rings (SSSR count). The van der Waals surface area contributed by atoms with Crippen molar-refractivity contribution >= 4 is 17.2 Å². The van der Waals surface area contributed by atoms with Crippen molar-refractivity contribution in [3.63, 3.8) is 0 Å². The Morgan fingerprint density at radius 2 is 2.25 bits per heavy atom. The lowest BCUT2D eigenvalue weighted by atomic mass is 10.1. The summed E-state index contributed by atoms with van der Waals surface area (Å²) in [6.45, 7) is 7.54. The number of nitrogens with one attached hydrogen (secondary N) is 1. The summed E-state index contributed by atoms with van der Waals surface area (Å²) in [4.78, 5) is 16.6. The van der Waals surface area contributed by atoms with E-state index in [9.17, 15) is 4.79 Å². The number of carbonyl (C=O) groups excluding carboxylic acids is 1. The molecular formula is C11H18N2O2S. The third-order valence-electron chi connectivity index (χ3n) is 2.09. The van der Waals surface area contributed by atoms with E-state index in [4.69, 9.17) is 5.11 Å². The lowest BCUT2D eigenvalue weighted by Crippen LogP contribution is -2.46. The Hall–Kier alpha value is -0.940. The summed E-state index contributed by atoms with van der Waals surface area (Å²) in [7, 11) is 0. The molecule has 5 heteroatoms. The van der Waals surface area contributed by atoms with Crippen LogP contribution in [-0.2, 0) is 0 Å². The smallest absolute Gasteiger partial charge is 0.263 e. The second kappa shape index (κ2) is 4.93. The molecule has 0 fully saturated rings. The van der Waals surface area contributed by atoms with Crippen molar-refractivity contribution in [2.45, 2.75) is 39.2 Å². The van der Waals surface area contributed by atoms with Crippen molar-refractivity contribution < 1.29 is 9.90 Å². The van der Waals surface area contributed by atoms with Gasteiger partial charge in [-0.15, -0.1) is 11.3 Å². The van der Waals surface area contributed by atoms with E-state index in [0.29, 0.717) is 10.8 Å². The zero-order valence-electron chi connectivity index (χ0n) is 10.1. The van der Waals surface area contributed by atoms with E-state index in [2.05, 4.69) is 10.3 Å². The van der Waals surface area contributed by atoms with Crippen molar-refractivity contribution in [2.24, 2.45) is 0 Å². The molecule has 0 radical (unpaired) electrons. The molecule has 1 aromatic rings. The van der Waals surface area contributed by atoms with Crippen LogP contribution in [0.1, 0.15) is 48.3 Å². The van der Waals surface area contributed by atoms with Gasteiger partial charge in [-0.3, -0.25) is 4.79 Å². The molecule has 0 aliphatic heterocycles. The van der Waals surface area contributed by atoms with E-state index in [1.807, 2.05) is 13.8 Å². The fourth-order valence-electron chi connectivity index (χ4n) is 1.07. The summed E-state index contributed by atoms with van der Waals surface area (Å²) in [5.74, 6) is 0.154. The van der Waals surface area contributed by atoms with E-state index >= 15 is 0 Å². The molecular weight excluding hydrogens is 224 g/mol. The van der Waals surface area contributed by atoms with Gasteiger partial charge in [0.25, 0.3) is 5.91 Å². The third-order valence-corrected chi connectivity index (χ3v) is 3.39. The van der Waals surface area contributed by atoms with Crippen LogP contribution in [0.25, 0.3) is 0 Å². The topological polar surface area (TPSA) is 62.2 Å². The SMILES string of the molecule is CC(C)c1ncc(C(=O)NC(C)(C)CO)s1. The van der Waals surface area contributed by atoms with Crippen LogP contribution in [0.15, 0.2) is 6.20 Å². The normalized spacial score (nSPS) is 11.9. The molecule has 0 saturated carbocycles. The largest absolute Gasteiger partial charge is 0.394 e. The molecule has 4 nitrogen and oxygen atoms in total. The zero-order valence-corrected chi connectivity index (χ0v) is 10.9. The minimum atomic E-state index is -0.598. The molecule has 2 N–H and O–H groups in total. The van der Waals surface area contributed by atoms with Gasteiger partial charge in [-0.05, 0) is 13.8 Å². The van der Waals surface area contributed by atoms with E-state index < -0.39 is 5.54 Å².